The number of amides is 1. The summed E-state index contributed by atoms with van der Waals surface area (Å²) in [5.41, 5.74) is 1.52. The average Bonchev–Trinajstić information content (AvgIpc) is 2.92. The van der Waals surface area contributed by atoms with Crippen molar-refractivity contribution in [2.45, 2.75) is 50.5 Å². The van der Waals surface area contributed by atoms with Gasteiger partial charge in [0.1, 0.15) is 0 Å². The van der Waals surface area contributed by atoms with Crippen LogP contribution in [0.2, 0.25) is 0 Å². The highest BCUT2D eigenvalue weighted by atomic mass is 16.5. The molecule has 0 aromatic heterocycles. The maximum atomic E-state index is 12.9. The number of ether oxygens (including phenoxy) is 2. The van der Waals surface area contributed by atoms with E-state index in [0.29, 0.717) is 30.0 Å². The summed E-state index contributed by atoms with van der Waals surface area (Å²) in [5.74, 6) is 1.15. The quantitative estimate of drug-likeness (QED) is 0.555. The smallest absolute Gasteiger partial charge is 0.251 e. The zero-order chi connectivity index (χ0) is 19.9. The highest BCUT2D eigenvalue weighted by Crippen LogP contribution is 2.34. The van der Waals surface area contributed by atoms with E-state index in [-0.39, 0.29) is 11.4 Å². The lowest BCUT2D eigenvalue weighted by Crippen LogP contribution is -2.52. The van der Waals surface area contributed by atoms with Gasteiger partial charge in [-0.25, -0.2) is 0 Å². The van der Waals surface area contributed by atoms with Gasteiger partial charge in [-0.3, -0.25) is 4.79 Å². The molecule has 0 saturated heterocycles. The fraction of sp³-hybridized carbons (Fsp3) is 0.591. The lowest BCUT2D eigenvalue weighted by Gasteiger charge is -2.39. The summed E-state index contributed by atoms with van der Waals surface area (Å²) in [6.45, 7) is 4.45. The van der Waals surface area contributed by atoms with Gasteiger partial charge in [0.2, 0.25) is 0 Å². The van der Waals surface area contributed by atoms with E-state index < -0.39 is 0 Å². The van der Waals surface area contributed by atoms with Crippen LogP contribution in [0, 0.1) is 0 Å². The third kappa shape index (κ3) is 5.04. The minimum Gasteiger partial charge on any atom is -0.493 e. The largest absolute Gasteiger partial charge is 0.493 e. The van der Waals surface area contributed by atoms with E-state index in [1.165, 1.54) is 25.7 Å². The molecule has 5 nitrogen and oxygen atoms in total. The normalized spacial score (nSPS) is 16.5. The molecule has 1 aliphatic carbocycles. The molecule has 2 rings (SSSR count). The van der Waals surface area contributed by atoms with Crippen molar-refractivity contribution in [3.63, 3.8) is 0 Å². The average molecular weight is 375 g/mol. The first-order chi connectivity index (χ1) is 13.0. The molecule has 1 aromatic rings. The maximum Gasteiger partial charge on any atom is 0.251 e. The Morgan fingerprint density at radius 2 is 1.85 bits per heavy atom. The zero-order valence-electron chi connectivity index (χ0n) is 17.3. The Labute approximate surface area is 163 Å². The van der Waals surface area contributed by atoms with Crippen LogP contribution in [0.25, 0.3) is 0 Å². The first kappa shape index (κ1) is 21.3. The molecule has 0 heterocycles. The highest BCUT2D eigenvalue weighted by Gasteiger charge is 2.33. The molecule has 0 aliphatic heterocycles. The Kier molecular flexibility index (Phi) is 7.72. The Morgan fingerprint density at radius 1 is 1.19 bits per heavy atom. The van der Waals surface area contributed by atoms with Crippen molar-refractivity contribution in [2.75, 3.05) is 34.9 Å². The topological polar surface area (TPSA) is 50.8 Å². The second-order valence-corrected chi connectivity index (χ2v) is 7.58. The van der Waals surface area contributed by atoms with Crippen LogP contribution >= 0.6 is 0 Å². The fourth-order valence-corrected chi connectivity index (χ4v) is 4.00. The number of benzene rings is 1. The van der Waals surface area contributed by atoms with Crippen molar-refractivity contribution in [3.8, 4) is 11.5 Å². The molecule has 0 unspecified atom stereocenters. The second-order valence-electron chi connectivity index (χ2n) is 7.58. The third-order valence-corrected chi connectivity index (χ3v) is 5.74. The molecule has 0 spiro atoms. The summed E-state index contributed by atoms with van der Waals surface area (Å²) in [5, 5.41) is 3.17. The molecule has 0 radical (unpaired) electrons. The number of hydrogen-bond donors (Lipinski definition) is 1. The van der Waals surface area contributed by atoms with Crippen molar-refractivity contribution in [3.05, 3.63) is 35.9 Å². The van der Waals surface area contributed by atoms with E-state index in [1.807, 2.05) is 6.07 Å². The molecular formula is C22H34N2O3. The SMILES string of the molecule is C=CCc1cc(C(=O)NCC2(N(C)C)CCCCCC2)cc(OC)c1OC. The number of allylic oxidation sites excluding steroid dienone is 1. The van der Waals surface area contributed by atoms with Crippen LogP contribution in [0.3, 0.4) is 0 Å². The maximum absolute atomic E-state index is 12.9. The highest BCUT2D eigenvalue weighted by molar-refractivity contribution is 5.95. The number of methoxy groups -OCH3 is 2. The minimum atomic E-state index is -0.0771. The Bertz CT molecular complexity index is 647. The molecule has 1 aliphatic rings. The molecule has 150 valence electrons. The van der Waals surface area contributed by atoms with E-state index in [9.17, 15) is 4.79 Å². The van der Waals surface area contributed by atoms with Gasteiger partial charge in [0.15, 0.2) is 11.5 Å². The number of rotatable bonds is 8. The molecular weight excluding hydrogens is 340 g/mol. The molecule has 1 aromatic carbocycles. The van der Waals surface area contributed by atoms with Crippen molar-refractivity contribution in [2.24, 2.45) is 0 Å². The molecule has 27 heavy (non-hydrogen) atoms. The van der Waals surface area contributed by atoms with E-state index in [1.54, 1.807) is 26.4 Å². The molecule has 1 saturated carbocycles. The fourth-order valence-electron chi connectivity index (χ4n) is 4.00. The van der Waals surface area contributed by atoms with Gasteiger partial charge in [-0.2, -0.15) is 0 Å². The first-order valence-electron chi connectivity index (χ1n) is 9.79. The summed E-state index contributed by atoms with van der Waals surface area (Å²) in [7, 11) is 7.44. The second kappa shape index (κ2) is 9.79. The molecule has 5 heteroatoms. The summed E-state index contributed by atoms with van der Waals surface area (Å²) >= 11 is 0. The summed E-state index contributed by atoms with van der Waals surface area (Å²) in [6, 6.07) is 3.62. The van der Waals surface area contributed by atoms with Gasteiger partial charge in [-0.05, 0) is 45.5 Å². The summed E-state index contributed by atoms with van der Waals surface area (Å²) in [4.78, 5) is 15.2. The van der Waals surface area contributed by atoms with Gasteiger partial charge in [0.25, 0.3) is 5.91 Å². The van der Waals surface area contributed by atoms with Crippen LogP contribution in [0.5, 0.6) is 11.5 Å². The summed E-state index contributed by atoms with van der Waals surface area (Å²) in [6.07, 6.45) is 9.64. The van der Waals surface area contributed by atoms with E-state index in [0.717, 1.165) is 18.4 Å². The summed E-state index contributed by atoms with van der Waals surface area (Å²) < 4.78 is 10.9. The first-order valence-corrected chi connectivity index (χ1v) is 9.79. The number of carbonyl (C=O) groups excluding carboxylic acids is 1. The molecule has 1 N–H and O–H groups in total. The van der Waals surface area contributed by atoms with Gasteiger partial charge in [0.05, 0.1) is 14.2 Å². The van der Waals surface area contributed by atoms with Gasteiger partial charge < -0.3 is 19.7 Å². The molecule has 1 fully saturated rings. The molecule has 0 bridgehead atoms. The lowest BCUT2D eigenvalue weighted by atomic mass is 9.88. The van der Waals surface area contributed by atoms with Crippen LogP contribution in [0.1, 0.15) is 54.4 Å². The predicted molar refractivity (Wildman–Crippen MR) is 110 cm³/mol. The zero-order valence-corrected chi connectivity index (χ0v) is 17.3. The van der Waals surface area contributed by atoms with Crippen LogP contribution in [0.15, 0.2) is 24.8 Å². The number of likely N-dealkylation sites (N-methyl/N-ethyl adjacent to an activating group) is 1. The number of hydrogen-bond acceptors (Lipinski definition) is 4. The van der Waals surface area contributed by atoms with E-state index >= 15 is 0 Å². The van der Waals surface area contributed by atoms with Crippen molar-refractivity contribution >= 4 is 5.91 Å². The van der Waals surface area contributed by atoms with E-state index in [4.69, 9.17) is 9.47 Å². The minimum absolute atomic E-state index is 0.0344. The van der Waals surface area contributed by atoms with Crippen molar-refractivity contribution < 1.29 is 14.3 Å². The van der Waals surface area contributed by atoms with Crippen LogP contribution in [-0.2, 0) is 6.42 Å². The van der Waals surface area contributed by atoms with Crippen molar-refractivity contribution in [1.82, 2.24) is 10.2 Å². The predicted octanol–water partition coefficient (Wildman–Crippen LogP) is 3.82. The monoisotopic (exact) mass is 374 g/mol. The van der Waals surface area contributed by atoms with Gasteiger partial charge >= 0.3 is 0 Å². The van der Waals surface area contributed by atoms with Crippen LogP contribution in [-0.4, -0.2) is 51.2 Å². The van der Waals surface area contributed by atoms with Crippen LogP contribution < -0.4 is 14.8 Å². The Morgan fingerprint density at radius 3 is 2.37 bits per heavy atom. The lowest BCUT2D eigenvalue weighted by molar-refractivity contribution is 0.0868. The standard InChI is InChI=1S/C22H34N2O3/c1-6-11-17-14-18(15-19(26-4)20(17)27-5)21(25)23-16-22(24(2)3)12-9-7-8-10-13-22/h6,14-15H,1,7-13,16H2,2-5H3,(H,23,25). The van der Waals surface area contributed by atoms with Gasteiger partial charge in [0, 0.05) is 23.2 Å². The Balaban J connectivity index is 2.21. The number of nitrogens with zero attached hydrogens (tertiary/aromatic N) is 1. The molecule has 0 atom stereocenters. The van der Waals surface area contributed by atoms with Crippen LogP contribution in [0.4, 0.5) is 0 Å². The van der Waals surface area contributed by atoms with E-state index in [2.05, 4.69) is 30.9 Å². The van der Waals surface area contributed by atoms with Crippen molar-refractivity contribution in [1.29, 1.82) is 0 Å². The van der Waals surface area contributed by atoms with Gasteiger partial charge in [-0.1, -0.05) is 31.8 Å². The number of nitrogens with one attached hydrogen (secondary N) is 1. The molecule has 1 amide bonds. The number of carbonyl (C=O) groups is 1. The third-order valence-electron chi connectivity index (χ3n) is 5.74. The Hall–Kier alpha value is -2.01. The van der Waals surface area contributed by atoms with Gasteiger partial charge in [-0.15, -0.1) is 6.58 Å².